The van der Waals surface area contributed by atoms with E-state index in [-0.39, 0.29) is 0 Å². The molecule has 5 heteroatoms. The van der Waals surface area contributed by atoms with E-state index in [1.54, 1.807) is 0 Å². The van der Waals surface area contributed by atoms with Crippen molar-refractivity contribution < 1.29 is 4.52 Å². The average molecular weight is 338 g/mol. The van der Waals surface area contributed by atoms with Crippen molar-refractivity contribution in [3.05, 3.63) is 34.6 Å². The topological polar surface area (TPSA) is 64.9 Å². The minimum absolute atomic E-state index is 0.642. The first kappa shape index (κ1) is 15.2. The fraction of sp³-hybridized carbons (Fsp3) is 0.467. The minimum Gasteiger partial charge on any atom is -0.339 e. The first-order chi connectivity index (χ1) is 9.72. The fourth-order valence-electron chi connectivity index (χ4n) is 2.19. The lowest BCUT2D eigenvalue weighted by Gasteiger charge is -2.11. The molecule has 0 amide bonds. The maximum atomic E-state index is 5.61. The highest BCUT2D eigenvalue weighted by Gasteiger charge is 2.11. The normalized spacial score (nSPS) is 12.6. The molecule has 1 aromatic carbocycles. The molecule has 0 saturated heterocycles. The van der Waals surface area contributed by atoms with Gasteiger partial charge in [-0.3, -0.25) is 0 Å². The number of aryl methyl sites for hydroxylation is 1. The molecule has 0 spiro atoms. The van der Waals surface area contributed by atoms with E-state index >= 15 is 0 Å². The lowest BCUT2D eigenvalue weighted by molar-refractivity contribution is 0.354. The number of nitrogens with zero attached hydrogens (tertiary/aromatic N) is 2. The van der Waals surface area contributed by atoms with Crippen molar-refractivity contribution in [1.82, 2.24) is 10.1 Å². The van der Waals surface area contributed by atoms with Crippen LogP contribution in [0.3, 0.4) is 0 Å². The van der Waals surface area contributed by atoms with Gasteiger partial charge in [-0.05, 0) is 49.6 Å². The van der Waals surface area contributed by atoms with E-state index in [0.29, 0.717) is 17.6 Å². The molecule has 0 bridgehead atoms. The molecule has 0 fully saturated rings. The van der Waals surface area contributed by atoms with Gasteiger partial charge in [-0.25, -0.2) is 0 Å². The zero-order valence-electron chi connectivity index (χ0n) is 11.7. The molecule has 1 unspecified atom stereocenters. The number of rotatable bonds is 7. The highest BCUT2D eigenvalue weighted by atomic mass is 79.9. The van der Waals surface area contributed by atoms with Gasteiger partial charge in [0.2, 0.25) is 11.7 Å². The Hall–Kier alpha value is -1.20. The molecule has 4 nitrogen and oxygen atoms in total. The summed E-state index contributed by atoms with van der Waals surface area (Å²) in [5.74, 6) is 2.00. The number of hydrogen-bond acceptors (Lipinski definition) is 4. The Bertz CT molecular complexity index is 524. The molecule has 0 aliphatic heterocycles. The molecule has 2 aromatic rings. The fourth-order valence-corrected chi connectivity index (χ4v) is 2.45. The Morgan fingerprint density at radius 1 is 1.25 bits per heavy atom. The van der Waals surface area contributed by atoms with Crippen molar-refractivity contribution in [3.8, 4) is 11.4 Å². The molecule has 1 atom stereocenters. The molecule has 20 heavy (non-hydrogen) atoms. The Labute approximate surface area is 127 Å². The van der Waals surface area contributed by atoms with Crippen LogP contribution >= 0.6 is 15.9 Å². The second-order valence-corrected chi connectivity index (χ2v) is 5.82. The lowest BCUT2D eigenvalue weighted by atomic mass is 9.97. The second kappa shape index (κ2) is 7.55. The van der Waals surface area contributed by atoms with E-state index in [0.717, 1.165) is 42.3 Å². The molecular formula is C15H20BrN3O. The molecule has 0 aliphatic rings. The highest BCUT2D eigenvalue weighted by Crippen LogP contribution is 2.20. The van der Waals surface area contributed by atoms with Crippen LogP contribution in [0.25, 0.3) is 11.4 Å². The molecule has 2 N–H and O–H groups in total. The zero-order valence-corrected chi connectivity index (χ0v) is 13.3. The predicted octanol–water partition coefficient (Wildman–Crippen LogP) is 3.81. The molecule has 1 aromatic heterocycles. The van der Waals surface area contributed by atoms with E-state index in [2.05, 4.69) is 33.0 Å². The van der Waals surface area contributed by atoms with Crippen LogP contribution in [0.2, 0.25) is 0 Å². The Balaban J connectivity index is 1.96. The Kier molecular flexibility index (Phi) is 5.73. The van der Waals surface area contributed by atoms with Gasteiger partial charge in [-0.15, -0.1) is 0 Å². The van der Waals surface area contributed by atoms with Crippen LogP contribution in [0.5, 0.6) is 0 Å². The molecule has 1 heterocycles. The summed E-state index contributed by atoms with van der Waals surface area (Å²) in [6.07, 6.45) is 4.08. The quantitative estimate of drug-likeness (QED) is 0.834. The first-order valence-electron chi connectivity index (χ1n) is 7.01. The summed E-state index contributed by atoms with van der Waals surface area (Å²) in [6, 6.07) is 7.89. The molecular weight excluding hydrogens is 318 g/mol. The third kappa shape index (κ3) is 4.15. The van der Waals surface area contributed by atoms with Gasteiger partial charge in [0.05, 0.1) is 0 Å². The number of nitrogens with two attached hydrogens (primary N) is 1. The van der Waals surface area contributed by atoms with Crippen molar-refractivity contribution in [3.63, 3.8) is 0 Å². The highest BCUT2D eigenvalue weighted by molar-refractivity contribution is 9.10. The number of hydrogen-bond donors (Lipinski definition) is 1. The van der Waals surface area contributed by atoms with Crippen LogP contribution in [0.15, 0.2) is 33.3 Å². The molecule has 0 saturated carbocycles. The minimum atomic E-state index is 0.642. The smallest absolute Gasteiger partial charge is 0.226 e. The van der Waals surface area contributed by atoms with Gasteiger partial charge in [-0.1, -0.05) is 34.4 Å². The number of benzene rings is 1. The monoisotopic (exact) mass is 337 g/mol. The standard InChI is InChI=1S/C15H20BrN3O/c1-2-11(9-10-17)3-8-14-18-15(19-20-14)12-4-6-13(16)7-5-12/h4-7,11H,2-3,8-10,17H2,1H3. The first-order valence-corrected chi connectivity index (χ1v) is 7.80. The van der Waals surface area contributed by atoms with Crippen LogP contribution in [0, 0.1) is 5.92 Å². The summed E-state index contributed by atoms with van der Waals surface area (Å²) in [7, 11) is 0. The van der Waals surface area contributed by atoms with E-state index in [1.807, 2.05) is 24.3 Å². The van der Waals surface area contributed by atoms with E-state index in [4.69, 9.17) is 10.3 Å². The Morgan fingerprint density at radius 3 is 2.65 bits per heavy atom. The summed E-state index contributed by atoms with van der Waals surface area (Å²) >= 11 is 3.41. The van der Waals surface area contributed by atoms with E-state index < -0.39 is 0 Å². The SMILES string of the molecule is CCC(CCN)CCc1nc(-c2ccc(Br)cc2)no1. The third-order valence-electron chi connectivity index (χ3n) is 3.49. The van der Waals surface area contributed by atoms with Gasteiger partial charge in [-0.2, -0.15) is 4.98 Å². The van der Waals surface area contributed by atoms with Gasteiger partial charge in [0.15, 0.2) is 0 Å². The van der Waals surface area contributed by atoms with Crippen LogP contribution in [-0.4, -0.2) is 16.7 Å². The predicted molar refractivity (Wildman–Crippen MR) is 83.2 cm³/mol. The number of aromatic nitrogens is 2. The summed E-state index contributed by atoms with van der Waals surface area (Å²) in [4.78, 5) is 4.45. The summed E-state index contributed by atoms with van der Waals surface area (Å²) in [5, 5.41) is 4.04. The van der Waals surface area contributed by atoms with Gasteiger partial charge in [0, 0.05) is 16.5 Å². The lowest BCUT2D eigenvalue weighted by Crippen LogP contribution is -2.09. The molecule has 108 valence electrons. The molecule has 2 rings (SSSR count). The van der Waals surface area contributed by atoms with Gasteiger partial charge >= 0.3 is 0 Å². The second-order valence-electron chi connectivity index (χ2n) is 4.91. The third-order valence-corrected chi connectivity index (χ3v) is 4.02. The van der Waals surface area contributed by atoms with Crippen molar-refractivity contribution >= 4 is 15.9 Å². The maximum absolute atomic E-state index is 5.61. The summed E-state index contributed by atoms with van der Waals surface area (Å²) in [6.45, 7) is 2.94. The van der Waals surface area contributed by atoms with Crippen molar-refractivity contribution in [1.29, 1.82) is 0 Å². The van der Waals surface area contributed by atoms with E-state index in [1.165, 1.54) is 0 Å². The van der Waals surface area contributed by atoms with E-state index in [9.17, 15) is 0 Å². The van der Waals surface area contributed by atoms with Crippen LogP contribution < -0.4 is 5.73 Å². The van der Waals surface area contributed by atoms with Gasteiger partial charge < -0.3 is 10.3 Å². The molecule has 0 radical (unpaired) electrons. The van der Waals surface area contributed by atoms with Crippen LogP contribution in [-0.2, 0) is 6.42 Å². The largest absolute Gasteiger partial charge is 0.339 e. The van der Waals surface area contributed by atoms with Crippen molar-refractivity contribution in [2.45, 2.75) is 32.6 Å². The summed E-state index contributed by atoms with van der Waals surface area (Å²) in [5.41, 5.74) is 6.58. The number of halogens is 1. The maximum Gasteiger partial charge on any atom is 0.226 e. The zero-order chi connectivity index (χ0) is 14.4. The summed E-state index contributed by atoms with van der Waals surface area (Å²) < 4.78 is 6.36. The average Bonchev–Trinajstić information content (AvgIpc) is 2.93. The molecule has 0 aliphatic carbocycles. The van der Waals surface area contributed by atoms with Crippen molar-refractivity contribution in [2.24, 2.45) is 11.7 Å². The van der Waals surface area contributed by atoms with Crippen LogP contribution in [0.1, 0.15) is 32.1 Å². The van der Waals surface area contributed by atoms with Crippen molar-refractivity contribution in [2.75, 3.05) is 6.54 Å². The van der Waals surface area contributed by atoms with Gasteiger partial charge in [0.25, 0.3) is 0 Å². The Morgan fingerprint density at radius 2 is 2.00 bits per heavy atom. The van der Waals surface area contributed by atoms with Gasteiger partial charge in [0.1, 0.15) is 0 Å². The van der Waals surface area contributed by atoms with Crippen LogP contribution in [0.4, 0.5) is 0 Å².